The second kappa shape index (κ2) is 5.81. The highest BCUT2D eigenvalue weighted by molar-refractivity contribution is 7.57. The van der Waals surface area contributed by atoms with Gasteiger partial charge in [-0.25, -0.2) is 0 Å². The lowest BCUT2D eigenvalue weighted by Gasteiger charge is -2.22. The first-order chi connectivity index (χ1) is 8.94. The van der Waals surface area contributed by atoms with E-state index < -0.39 is 13.2 Å². The standard InChI is InChI=1S/C11H20N3O4P/c1-19(2,15)16-8-10-9(7-13-14-12)17-11(18-10)5-3-4-6-11/h9-10H,3-8H2,1-2H3/t9-,10-/m0/s1. The van der Waals surface area contributed by atoms with Gasteiger partial charge in [0.2, 0.25) is 0 Å². The highest BCUT2D eigenvalue weighted by Gasteiger charge is 2.49. The molecule has 19 heavy (non-hydrogen) atoms. The fraction of sp³-hybridized carbons (Fsp3) is 1.00. The van der Waals surface area contributed by atoms with Gasteiger partial charge in [-0.15, -0.1) is 0 Å². The van der Waals surface area contributed by atoms with Crippen molar-refractivity contribution in [2.75, 3.05) is 26.5 Å². The van der Waals surface area contributed by atoms with Crippen molar-refractivity contribution in [3.05, 3.63) is 10.4 Å². The van der Waals surface area contributed by atoms with Crippen LogP contribution in [0.15, 0.2) is 5.11 Å². The van der Waals surface area contributed by atoms with Crippen LogP contribution >= 0.6 is 7.37 Å². The smallest absolute Gasteiger partial charge is 0.197 e. The number of rotatable bonds is 5. The summed E-state index contributed by atoms with van der Waals surface area (Å²) in [5.41, 5.74) is 8.42. The van der Waals surface area contributed by atoms with Crippen LogP contribution in [-0.4, -0.2) is 44.5 Å². The van der Waals surface area contributed by atoms with Crippen molar-refractivity contribution in [1.29, 1.82) is 0 Å². The minimum atomic E-state index is -2.55. The van der Waals surface area contributed by atoms with E-state index in [1.54, 1.807) is 13.3 Å². The minimum Gasteiger partial charge on any atom is -0.344 e. The fourth-order valence-corrected chi connectivity index (χ4v) is 3.05. The van der Waals surface area contributed by atoms with Crippen LogP contribution in [0.5, 0.6) is 0 Å². The maximum absolute atomic E-state index is 11.6. The molecule has 2 rings (SSSR count). The highest BCUT2D eigenvalue weighted by Crippen LogP contribution is 2.44. The Kier molecular flexibility index (Phi) is 4.54. The van der Waals surface area contributed by atoms with Crippen LogP contribution in [0.2, 0.25) is 0 Å². The summed E-state index contributed by atoms with van der Waals surface area (Å²) in [4.78, 5) is 2.75. The van der Waals surface area contributed by atoms with Crippen LogP contribution in [0.25, 0.3) is 10.4 Å². The number of azide groups is 1. The lowest BCUT2D eigenvalue weighted by atomic mass is 10.2. The van der Waals surface area contributed by atoms with Gasteiger partial charge >= 0.3 is 0 Å². The third kappa shape index (κ3) is 3.94. The molecular formula is C11H20N3O4P. The third-order valence-corrected chi connectivity index (χ3v) is 4.16. The molecule has 0 N–H and O–H groups in total. The van der Waals surface area contributed by atoms with Crippen molar-refractivity contribution in [1.82, 2.24) is 0 Å². The topological polar surface area (TPSA) is 93.5 Å². The largest absolute Gasteiger partial charge is 0.344 e. The first kappa shape index (κ1) is 14.8. The van der Waals surface area contributed by atoms with E-state index in [0.29, 0.717) is 0 Å². The highest BCUT2D eigenvalue weighted by atomic mass is 31.2. The zero-order valence-electron chi connectivity index (χ0n) is 11.3. The van der Waals surface area contributed by atoms with Gasteiger partial charge in [0.1, 0.15) is 6.10 Å². The molecule has 0 aromatic carbocycles. The van der Waals surface area contributed by atoms with Crippen molar-refractivity contribution >= 4 is 7.37 Å². The second-order valence-electron chi connectivity index (χ2n) is 5.39. The summed E-state index contributed by atoms with van der Waals surface area (Å²) in [6, 6.07) is 0. The predicted molar refractivity (Wildman–Crippen MR) is 70.4 cm³/mol. The zero-order chi connectivity index (χ0) is 13.9. The molecule has 2 aliphatic rings. The molecule has 1 heterocycles. The van der Waals surface area contributed by atoms with Gasteiger partial charge in [0.25, 0.3) is 0 Å². The molecule has 1 saturated heterocycles. The van der Waals surface area contributed by atoms with Gasteiger partial charge in [0.15, 0.2) is 13.2 Å². The normalized spacial score (nSPS) is 29.6. The molecule has 1 spiro atoms. The van der Waals surface area contributed by atoms with Crippen LogP contribution in [0, 0.1) is 0 Å². The van der Waals surface area contributed by atoms with Crippen molar-refractivity contribution in [3.8, 4) is 0 Å². The Morgan fingerprint density at radius 2 is 2.00 bits per heavy atom. The molecule has 0 amide bonds. The molecule has 2 atom stereocenters. The maximum Gasteiger partial charge on any atom is 0.197 e. The van der Waals surface area contributed by atoms with Crippen molar-refractivity contribution in [3.63, 3.8) is 0 Å². The van der Waals surface area contributed by atoms with Crippen molar-refractivity contribution in [2.45, 2.75) is 43.7 Å². The van der Waals surface area contributed by atoms with Crippen LogP contribution in [0.4, 0.5) is 0 Å². The average molecular weight is 289 g/mol. The van der Waals surface area contributed by atoms with Gasteiger partial charge < -0.3 is 14.0 Å². The van der Waals surface area contributed by atoms with Gasteiger partial charge in [0.05, 0.1) is 19.3 Å². The van der Waals surface area contributed by atoms with Crippen LogP contribution < -0.4 is 0 Å². The van der Waals surface area contributed by atoms with E-state index >= 15 is 0 Å². The molecule has 0 bridgehead atoms. The Morgan fingerprint density at radius 1 is 1.37 bits per heavy atom. The molecule has 2 fully saturated rings. The summed E-state index contributed by atoms with van der Waals surface area (Å²) in [6.07, 6.45) is 3.21. The lowest BCUT2D eigenvalue weighted by molar-refractivity contribution is -0.170. The monoisotopic (exact) mass is 289 g/mol. The van der Waals surface area contributed by atoms with E-state index in [2.05, 4.69) is 10.0 Å². The Labute approximate surface area is 112 Å². The molecule has 1 aliphatic carbocycles. The van der Waals surface area contributed by atoms with E-state index in [1.807, 2.05) is 0 Å². The summed E-state index contributed by atoms with van der Waals surface area (Å²) in [7, 11) is -2.55. The van der Waals surface area contributed by atoms with Crippen LogP contribution in [-0.2, 0) is 18.6 Å². The van der Waals surface area contributed by atoms with E-state index in [1.165, 1.54) is 0 Å². The molecule has 0 radical (unpaired) electrons. The van der Waals surface area contributed by atoms with E-state index in [-0.39, 0.29) is 25.4 Å². The first-order valence-electron chi connectivity index (χ1n) is 6.50. The molecule has 7 nitrogen and oxygen atoms in total. The van der Waals surface area contributed by atoms with Gasteiger partial charge in [-0.1, -0.05) is 5.11 Å². The molecule has 0 aromatic heterocycles. The fourth-order valence-electron chi connectivity index (χ4n) is 2.55. The Balaban J connectivity index is 2.00. The lowest BCUT2D eigenvalue weighted by Crippen LogP contribution is -2.29. The molecule has 1 saturated carbocycles. The van der Waals surface area contributed by atoms with Gasteiger partial charge in [-0.2, -0.15) is 0 Å². The molecule has 8 heteroatoms. The van der Waals surface area contributed by atoms with Crippen LogP contribution in [0.3, 0.4) is 0 Å². The maximum atomic E-state index is 11.6. The Morgan fingerprint density at radius 3 is 2.58 bits per heavy atom. The number of ether oxygens (including phenoxy) is 2. The predicted octanol–water partition coefficient (Wildman–Crippen LogP) is 2.91. The number of hydrogen-bond acceptors (Lipinski definition) is 5. The minimum absolute atomic E-state index is 0.206. The average Bonchev–Trinajstić information content (AvgIpc) is 2.91. The molecule has 108 valence electrons. The molecule has 0 unspecified atom stereocenters. The van der Waals surface area contributed by atoms with Gasteiger partial charge in [0, 0.05) is 31.1 Å². The summed E-state index contributed by atoms with van der Waals surface area (Å²) >= 11 is 0. The van der Waals surface area contributed by atoms with Gasteiger partial charge in [-0.3, -0.25) is 4.57 Å². The van der Waals surface area contributed by atoms with E-state index in [0.717, 1.165) is 25.7 Å². The summed E-state index contributed by atoms with van der Waals surface area (Å²) in [6.45, 7) is 3.55. The third-order valence-electron chi connectivity index (χ3n) is 3.39. The molecule has 1 aliphatic heterocycles. The van der Waals surface area contributed by atoms with Crippen molar-refractivity contribution < 1.29 is 18.6 Å². The zero-order valence-corrected chi connectivity index (χ0v) is 12.2. The Bertz CT molecular complexity index is 412. The first-order valence-corrected chi connectivity index (χ1v) is 9.02. The SMILES string of the molecule is CP(C)(=O)OC[C@@H]1OC2(CCCC2)O[C@H]1CN=[N+]=[N-]. The Hall–Kier alpha value is -0.580. The van der Waals surface area contributed by atoms with Crippen molar-refractivity contribution in [2.24, 2.45) is 5.11 Å². The summed E-state index contributed by atoms with van der Waals surface area (Å²) in [5, 5.41) is 3.55. The molecular weight excluding hydrogens is 269 g/mol. The summed E-state index contributed by atoms with van der Waals surface area (Å²) < 4.78 is 28.8. The van der Waals surface area contributed by atoms with E-state index in [9.17, 15) is 4.57 Å². The molecule has 0 aromatic rings. The quantitative estimate of drug-likeness (QED) is 0.336. The summed E-state index contributed by atoms with van der Waals surface area (Å²) in [5.74, 6) is -0.546. The van der Waals surface area contributed by atoms with Crippen LogP contribution in [0.1, 0.15) is 25.7 Å². The second-order valence-corrected chi connectivity index (χ2v) is 8.15. The number of hydrogen-bond donors (Lipinski definition) is 0. The van der Waals surface area contributed by atoms with E-state index in [4.69, 9.17) is 19.5 Å². The van der Waals surface area contributed by atoms with Gasteiger partial charge in [-0.05, 0) is 18.4 Å². The number of nitrogens with zero attached hydrogens (tertiary/aromatic N) is 3.